The van der Waals surface area contributed by atoms with Crippen LogP contribution in [-0.2, 0) is 80.0 Å². The van der Waals surface area contributed by atoms with Gasteiger partial charge in [-0.15, -0.1) is 0 Å². The molecule has 1 unspecified atom stereocenters. The molecule has 0 spiro atoms. The summed E-state index contributed by atoms with van der Waals surface area (Å²) in [7, 11) is 1.58. The molecule has 23 N–H and O–H groups in total. The fraction of sp³-hybridized carbons (Fsp3) is 0.509. The van der Waals surface area contributed by atoms with Crippen molar-refractivity contribution >= 4 is 110 Å². The standard InChI is InChI=1S/C55H79N17O16S2/c1-27(2)44(59)53(87)69-36(23-43(77)78)50(84)70-37-25-89-90-26-38(54(88)72-19-7-11-39(72)52(86)65-31(10-6-18-62-55(60)61)45(79)63-24-42(58)76)71-49(83)35(22-41(57)75)68-46(80)32(16-17-40(56)74)64-47(81)33(20-28-8-4-3-5-9-28)66-48(82)34(67-51(37)85)21-29-12-14-30(73)15-13-29/h3-5,8-9,12-15,27,31-39,44,73H,6-7,10-11,16-26,59H2,1-2H3,(H2,56,74)(H2,57,75)(H2,58,76)(H,63,79)(H,64,81)(H,65,86)(H,66,82)(H,67,85)(H,68,80)(H,69,87)(H,70,84)(H,71,83)(H,77,78)(H4,60,61,62)/t31-,32-,33-,34-,35-,36?,37-,38-,39-,44-/m0/s1. The molecular weight excluding hydrogens is 1220 g/mol. The predicted molar refractivity (Wildman–Crippen MR) is 326 cm³/mol. The lowest BCUT2D eigenvalue weighted by Crippen LogP contribution is -2.62. The molecule has 2 fully saturated rings. The van der Waals surface area contributed by atoms with Crippen LogP contribution in [0.25, 0.3) is 0 Å². The highest BCUT2D eigenvalue weighted by Gasteiger charge is 2.41. The average Bonchev–Trinajstić information content (AvgIpc) is 2.40. The molecule has 0 aromatic heterocycles. The number of phenols is 1. The number of aromatic hydroxyl groups is 1. The zero-order chi connectivity index (χ0) is 66.8. The first kappa shape index (κ1) is 73.2. The Labute approximate surface area is 524 Å². The summed E-state index contributed by atoms with van der Waals surface area (Å²) in [4.78, 5) is 196. The summed E-state index contributed by atoms with van der Waals surface area (Å²) in [6.07, 6.45) is -3.31. The zero-order valence-electron chi connectivity index (χ0n) is 49.4. The SMILES string of the molecule is CC(C)[C@H](N)C(=O)NC(CC(=O)O)C(=O)N[C@H]1CSSC[C@@H](C(=O)N2CCC[C@H]2C(=O)N[C@@H](CCCN=C(N)N)C(=O)NCC(N)=O)NC(=O)[C@H](CC(N)=O)NC(=O)[C@H](CCC(N)=O)NC(=O)[C@H](Cc2ccccc2)NC(=O)[C@H](Cc2ccc(O)cc2)NC1=O. The minimum atomic E-state index is -1.92. The average molecular weight is 1300 g/mol. The lowest BCUT2D eigenvalue weighted by atomic mass is 10.0. The number of hydrogen-bond acceptors (Lipinski definition) is 19. The Bertz CT molecular complexity index is 2960. The van der Waals surface area contributed by atoms with Gasteiger partial charge in [0.15, 0.2) is 5.96 Å². The van der Waals surface area contributed by atoms with Gasteiger partial charge in [-0.1, -0.05) is 77.9 Å². The van der Waals surface area contributed by atoms with Crippen molar-refractivity contribution in [1.82, 2.24) is 52.8 Å². The number of nitrogens with zero attached hydrogens (tertiary/aromatic N) is 2. The van der Waals surface area contributed by atoms with Crippen molar-refractivity contribution in [2.75, 3.05) is 31.1 Å². The van der Waals surface area contributed by atoms with Gasteiger partial charge < -0.3 is 97.4 Å². The second-order valence-electron chi connectivity index (χ2n) is 21.5. The summed E-state index contributed by atoms with van der Waals surface area (Å²) in [5.74, 6) is -16.6. The number of carbonyl (C=O) groups is 14. The van der Waals surface area contributed by atoms with Gasteiger partial charge in [-0.25, -0.2) is 0 Å². The van der Waals surface area contributed by atoms with E-state index in [-0.39, 0.29) is 63.3 Å². The Hall–Kier alpha value is -9.25. The van der Waals surface area contributed by atoms with Gasteiger partial charge in [-0.2, -0.15) is 0 Å². The molecule has 33 nitrogen and oxygen atoms in total. The van der Waals surface area contributed by atoms with E-state index in [1.807, 2.05) is 0 Å². The molecule has 0 radical (unpaired) electrons. The second kappa shape index (κ2) is 36.3. The lowest BCUT2D eigenvalue weighted by Gasteiger charge is -2.31. The van der Waals surface area contributed by atoms with Gasteiger partial charge in [0.1, 0.15) is 60.1 Å². The van der Waals surface area contributed by atoms with Crippen molar-refractivity contribution in [2.45, 2.75) is 138 Å². The van der Waals surface area contributed by atoms with Crippen LogP contribution in [0.2, 0.25) is 0 Å². The first-order valence-electron chi connectivity index (χ1n) is 28.5. The molecule has 2 aliphatic rings. The molecule has 2 aromatic rings. The number of carboxylic acid groups (broad SMARTS) is 1. The van der Waals surface area contributed by atoms with Crippen LogP contribution < -0.4 is 82.3 Å². The van der Waals surface area contributed by atoms with Crippen molar-refractivity contribution < 1.29 is 77.3 Å². The minimum absolute atomic E-state index is 0.0176. The number of carbonyl (C=O) groups excluding carboxylic acids is 13. The second-order valence-corrected chi connectivity index (χ2v) is 24.0. The number of benzene rings is 2. The van der Waals surface area contributed by atoms with Crippen LogP contribution in [0.15, 0.2) is 59.6 Å². The van der Waals surface area contributed by atoms with Gasteiger partial charge in [0.05, 0.1) is 25.4 Å². The Balaban J connectivity index is 1.88. The van der Waals surface area contributed by atoms with E-state index in [0.717, 1.165) is 26.5 Å². The number of rotatable bonds is 26. The van der Waals surface area contributed by atoms with Crippen molar-refractivity contribution in [1.29, 1.82) is 0 Å². The molecule has 0 bridgehead atoms. The smallest absolute Gasteiger partial charge is 0.305 e. The monoisotopic (exact) mass is 1300 g/mol. The number of amides is 13. The third-order valence-corrected chi connectivity index (χ3v) is 16.4. The molecule has 4 rings (SSSR count). The molecule has 2 saturated heterocycles. The van der Waals surface area contributed by atoms with Crippen LogP contribution in [-0.4, -0.2) is 195 Å². The van der Waals surface area contributed by atoms with Crippen LogP contribution >= 0.6 is 21.6 Å². The van der Waals surface area contributed by atoms with Gasteiger partial charge in [0, 0.05) is 43.9 Å². The van der Waals surface area contributed by atoms with Crippen LogP contribution in [0.3, 0.4) is 0 Å². The van der Waals surface area contributed by atoms with Gasteiger partial charge in [-0.3, -0.25) is 72.1 Å². The first-order chi connectivity index (χ1) is 42.5. The van der Waals surface area contributed by atoms with Gasteiger partial charge in [0.2, 0.25) is 76.8 Å². The molecule has 35 heteroatoms. The zero-order valence-corrected chi connectivity index (χ0v) is 51.1. The maximum absolute atomic E-state index is 15.0. The number of primary amides is 3. The van der Waals surface area contributed by atoms with E-state index in [0.29, 0.717) is 11.1 Å². The van der Waals surface area contributed by atoms with E-state index in [1.165, 1.54) is 24.3 Å². The third kappa shape index (κ3) is 24.7. The predicted octanol–water partition coefficient (Wildman–Crippen LogP) is -6.30. The third-order valence-electron chi connectivity index (χ3n) is 14.0. The number of nitrogens with one attached hydrogen (secondary N) is 9. The molecule has 2 aliphatic heterocycles. The number of carboxylic acids is 1. The largest absolute Gasteiger partial charge is 0.508 e. The summed E-state index contributed by atoms with van der Waals surface area (Å²) >= 11 is 0. The lowest BCUT2D eigenvalue weighted by molar-refractivity contribution is -0.142. The summed E-state index contributed by atoms with van der Waals surface area (Å²) in [5, 5.41) is 42.2. The highest BCUT2D eigenvalue weighted by Crippen LogP contribution is 2.27. The van der Waals surface area contributed by atoms with E-state index in [4.69, 9.17) is 34.4 Å². The Kier molecular flexibility index (Phi) is 29.5. The molecule has 2 heterocycles. The molecule has 0 saturated carbocycles. The molecule has 0 aliphatic carbocycles. The normalized spacial score (nSPS) is 21.4. The Morgan fingerprint density at radius 3 is 1.84 bits per heavy atom. The number of guanidine groups is 1. The van der Waals surface area contributed by atoms with E-state index < -0.39 is 193 Å². The first-order valence-corrected chi connectivity index (χ1v) is 31.0. The highest BCUT2D eigenvalue weighted by molar-refractivity contribution is 8.76. The molecule has 13 amide bonds. The van der Waals surface area contributed by atoms with Gasteiger partial charge >= 0.3 is 5.97 Å². The minimum Gasteiger partial charge on any atom is -0.508 e. The molecule has 2 aromatic carbocycles. The van der Waals surface area contributed by atoms with Crippen LogP contribution in [0.4, 0.5) is 0 Å². The number of aliphatic imine (C=N–C) groups is 1. The number of aliphatic carboxylic acids is 1. The molecule has 492 valence electrons. The van der Waals surface area contributed by atoms with E-state index in [1.54, 1.807) is 44.2 Å². The summed E-state index contributed by atoms with van der Waals surface area (Å²) in [5.41, 5.74) is 34.0. The van der Waals surface area contributed by atoms with Crippen molar-refractivity contribution in [3.8, 4) is 5.75 Å². The maximum atomic E-state index is 15.0. The topological polar surface area (TPSA) is 559 Å². The molecule has 10 atom stereocenters. The number of nitrogens with two attached hydrogens (primary N) is 6. The van der Waals surface area contributed by atoms with Crippen molar-refractivity contribution in [2.24, 2.45) is 45.3 Å². The summed E-state index contributed by atoms with van der Waals surface area (Å²) in [6, 6.07) is -2.47. The molecular formula is C55H79N17O16S2. The van der Waals surface area contributed by atoms with Gasteiger partial charge in [-0.05, 0) is 61.3 Å². The number of phenolic OH excluding ortho intramolecular Hbond substituents is 1. The van der Waals surface area contributed by atoms with E-state index >= 15 is 0 Å². The Morgan fingerprint density at radius 2 is 1.26 bits per heavy atom. The highest BCUT2D eigenvalue weighted by atomic mass is 33.1. The molecule has 90 heavy (non-hydrogen) atoms. The van der Waals surface area contributed by atoms with Gasteiger partial charge in [0.25, 0.3) is 0 Å². The maximum Gasteiger partial charge on any atom is 0.305 e. The fourth-order valence-corrected chi connectivity index (χ4v) is 11.4. The van der Waals surface area contributed by atoms with Crippen LogP contribution in [0.1, 0.15) is 76.3 Å². The van der Waals surface area contributed by atoms with E-state index in [2.05, 4.69) is 52.8 Å². The van der Waals surface area contributed by atoms with E-state index in [9.17, 15) is 77.3 Å². The van der Waals surface area contributed by atoms with Crippen LogP contribution in [0.5, 0.6) is 5.75 Å². The number of hydrogen-bond donors (Lipinski definition) is 17. The van der Waals surface area contributed by atoms with Crippen LogP contribution in [0, 0.1) is 5.92 Å². The summed E-state index contributed by atoms with van der Waals surface area (Å²) in [6.45, 7) is 2.53. The number of likely N-dealkylation sites (tertiary alicyclic amines) is 1. The quantitative estimate of drug-likeness (QED) is 0.0180. The fourth-order valence-electron chi connectivity index (χ4n) is 9.12. The Morgan fingerprint density at radius 1 is 0.678 bits per heavy atom. The summed E-state index contributed by atoms with van der Waals surface area (Å²) < 4.78 is 0. The van der Waals surface area contributed by atoms with Crippen molar-refractivity contribution in [3.05, 3.63) is 65.7 Å². The van der Waals surface area contributed by atoms with Crippen molar-refractivity contribution in [3.63, 3.8) is 0 Å².